The van der Waals surface area contributed by atoms with Crippen LogP contribution in [-0.2, 0) is 4.74 Å². The lowest BCUT2D eigenvalue weighted by atomic mass is 10.1. The molecule has 0 saturated carbocycles. The van der Waals surface area contributed by atoms with Gasteiger partial charge in [0.2, 0.25) is 0 Å². The van der Waals surface area contributed by atoms with Gasteiger partial charge in [0.25, 0.3) is 0 Å². The summed E-state index contributed by atoms with van der Waals surface area (Å²) in [6.07, 6.45) is 0. The molecule has 1 unspecified atom stereocenters. The monoisotopic (exact) mass is 332 g/mol. The van der Waals surface area contributed by atoms with Crippen molar-refractivity contribution in [3.8, 4) is 0 Å². The van der Waals surface area contributed by atoms with Gasteiger partial charge in [0.15, 0.2) is 0 Å². The number of halogens is 1. The Balaban J connectivity index is 2.10. The molecular weight excluding hydrogens is 315 g/mol. The fourth-order valence-corrected chi connectivity index (χ4v) is 2.10. The number of amides is 2. The molecule has 0 radical (unpaired) electrons. The van der Waals surface area contributed by atoms with E-state index in [-0.39, 0.29) is 17.9 Å². The summed E-state index contributed by atoms with van der Waals surface area (Å²) in [6, 6.07) is 11.0. The number of carbonyl (C=O) groups is 2. The Bertz CT molecular complexity index is 722. The Hall–Kier alpha value is -2.93. The van der Waals surface area contributed by atoms with E-state index in [4.69, 9.17) is 0 Å². The molecule has 2 rings (SSSR count). The topological polar surface area (TPSA) is 87.7 Å². The van der Waals surface area contributed by atoms with Crippen molar-refractivity contribution in [2.24, 2.45) is 0 Å². The summed E-state index contributed by atoms with van der Waals surface area (Å²) < 4.78 is 18.3. The molecule has 0 bridgehead atoms. The summed E-state index contributed by atoms with van der Waals surface area (Å²) in [7, 11) is 1.21. The quantitative estimate of drug-likeness (QED) is 0.734. The van der Waals surface area contributed by atoms with E-state index in [0.717, 1.165) is 6.07 Å². The van der Waals surface area contributed by atoms with E-state index in [1.54, 1.807) is 24.3 Å². The van der Waals surface area contributed by atoms with Gasteiger partial charge < -0.3 is 20.5 Å². The van der Waals surface area contributed by atoms with Crippen molar-refractivity contribution < 1.29 is 23.8 Å². The summed E-state index contributed by atoms with van der Waals surface area (Å²) in [5.74, 6) is -1.34. The number of benzene rings is 2. The maximum absolute atomic E-state index is 13.8. The number of rotatable bonds is 5. The van der Waals surface area contributed by atoms with Gasteiger partial charge in [0, 0.05) is 0 Å². The minimum atomic E-state index is -0.709. The second kappa shape index (κ2) is 8.07. The first kappa shape index (κ1) is 17.4. The Morgan fingerprint density at radius 3 is 2.54 bits per heavy atom. The van der Waals surface area contributed by atoms with Crippen LogP contribution in [0, 0.1) is 5.82 Å². The number of esters is 1. The van der Waals surface area contributed by atoms with Crippen LogP contribution in [0.25, 0.3) is 0 Å². The molecule has 2 aromatic carbocycles. The highest BCUT2D eigenvalue weighted by atomic mass is 19.1. The van der Waals surface area contributed by atoms with E-state index in [9.17, 15) is 19.1 Å². The fraction of sp³-hybridized carbons (Fsp3) is 0.176. The zero-order valence-electron chi connectivity index (χ0n) is 13.0. The molecule has 2 aromatic rings. The van der Waals surface area contributed by atoms with Crippen LogP contribution in [0.1, 0.15) is 22.0 Å². The van der Waals surface area contributed by atoms with Gasteiger partial charge in [-0.2, -0.15) is 0 Å². The number of aliphatic hydroxyl groups is 1. The van der Waals surface area contributed by atoms with Crippen LogP contribution in [0.15, 0.2) is 48.5 Å². The van der Waals surface area contributed by atoms with E-state index in [0.29, 0.717) is 5.56 Å². The third-order valence-corrected chi connectivity index (χ3v) is 3.33. The minimum Gasteiger partial charge on any atom is -0.465 e. The van der Waals surface area contributed by atoms with Gasteiger partial charge >= 0.3 is 12.0 Å². The van der Waals surface area contributed by atoms with Gasteiger partial charge in [-0.3, -0.25) is 0 Å². The number of carbonyl (C=O) groups excluding carboxylic acids is 2. The number of ether oxygens (including phenoxy) is 1. The maximum Gasteiger partial charge on any atom is 0.337 e. The van der Waals surface area contributed by atoms with E-state index in [2.05, 4.69) is 15.4 Å². The van der Waals surface area contributed by atoms with Crippen molar-refractivity contribution in [3.63, 3.8) is 0 Å². The van der Waals surface area contributed by atoms with Gasteiger partial charge in [-0.1, -0.05) is 30.3 Å². The van der Waals surface area contributed by atoms with Crippen LogP contribution in [0.4, 0.5) is 14.9 Å². The normalized spacial score (nSPS) is 11.5. The van der Waals surface area contributed by atoms with E-state index >= 15 is 0 Å². The molecule has 6 nitrogen and oxygen atoms in total. The number of hydrogen-bond acceptors (Lipinski definition) is 4. The van der Waals surface area contributed by atoms with Crippen LogP contribution in [0.3, 0.4) is 0 Å². The van der Waals surface area contributed by atoms with Gasteiger partial charge in [0.05, 0.1) is 31.0 Å². The van der Waals surface area contributed by atoms with Crippen LogP contribution in [-0.4, -0.2) is 30.8 Å². The SMILES string of the molecule is COC(=O)c1ccc(F)c(NC(=O)NC(CO)c2ccccc2)c1. The Morgan fingerprint density at radius 2 is 1.92 bits per heavy atom. The number of methoxy groups -OCH3 is 1. The number of hydrogen-bond donors (Lipinski definition) is 3. The van der Waals surface area contributed by atoms with Gasteiger partial charge in [-0.15, -0.1) is 0 Å². The summed E-state index contributed by atoms with van der Waals surface area (Å²) in [5, 5.41) is 14.3. The second-order valence-electron chi connectivity index (χ2n) is 4.93. The molecule has 2 amide bonds. The number of anilines is 1. The van der Waals surface area contributed by atoms with E-state index in [1.807, 2.05) is 6.07 Å². The first-order valence-corrected chi connectivity index (χ1v) is 7.16. The molecular formula is C17H17FN2O4. The van der Waals surface area contributed by atoms with Crippen LogP contribution < -0.4 is 10.6 Å². The van der Waals surface area contributed by atoms with E-state index in [1.165, 1.54) is 19.2 Å². The molecule has 0 aromatic heterocycles. The van der Waals surface area contributed by atoms with Crippen molar-refractivity contribution in [2.45, 2.75) is 6.04 Å². The van der Waals surface area contributed by atoms with E-state index < -0.39 is 23.9 Å². The molecule has 0 fully saturated rings. The standard InChI is InChI=1S/C17H17FN2O4/c1-24-16(22)12-7-8-13(18)14(9-12)19-17(23)20-15(10-21)11-5-3-2-4-6-11/h2-9,15,21H,10H2,1H3,(H2,19,20,23). The molecule has 0 spiro atoms. The summed E-state index contributed by atoms with van der Waals surface area (Å²) in [4.78, 5) is 23.5. The van der Waals surface area contributed by atoms with Crippen LogP contribution >= 0.6 is 0 Å². The first-order valence-electron chi connectivity index (χ1n) is 7.16. The molecule has 0 aliphatic heterocycles. The number of aliphatic hydroxyl groups excluding tert-OH is 1. The van der Waals surface area contributed by atoms with Crippen molar-refractivity contribution >= 4 is 17.7 Å². The minimum absolute atomic E-state index is 0.107. The fourth-order valence-electron chi connectivity index (χ4n) is 2.10. The van der Waals surface area contributed by atoms with Gasteiger partial charge in [0.1, 0.15) is 5.82 Å². The number of nitrogens with one attached hydrogen (secondary N) is 2. The average Bonchev–Trinajstić information content (AvgIpc) is 2.61. The molecule has 126 valence electrons. The lowest BCUT2D eigenvalue weighted by molar-refractivity contribution is 0.0600. The Morgan fingerprint density at radius 1 is 1.21 bits per heavy atom. The molecule has 24 heavy (non-hydrogen) atoms. The maximum atomic E-state index is 13.8. The molecule has 0 heterocycles. The second-order valence-corrected chi connectivity index (χ2v) is 4.93. The Labute approximate surface area is 138 Å². The van der Waals surface area contributed by atoms with Crippen molar-refractivity contribution in [2.75, 3.05) is 19.0 Å². The highest BCUT2D eigenvalue weighted by molar-refractivity contribution is 5.94. The Kier molecular flexibility index (Phi) is 5.86. The lowest BCUT2D eigenvalue weighted by Gasteiger charge is -2.17. The molecule has 7 heteroatoms. The van der Waals surface area contributed by atoms with Crippen molar-refractivity contribution in [1.82, 2.24) is 5.32 Å². The summed E-state index contributed by atoms with van der Waals surface area (Å²) in [6.45, 7) is -0.317. The van der Waals surface area contributed by atoms with Gasteiger partial charge in [-0.25, -0.2) is 14.0 Å². The highest BCUT2D eigenvalue weighted by Gasteiger charge is 2.16. The first-order chi connectivity index (χ1) is 11.5. The average molecular weight is 332 g/mol. The van der Waals surface area contributed by atoms with Crippen molar-refractivity contribution in [1.29, 1.82) is 0 Å². The van der Waals surface area contributed by atoms with Crippen LogP contribution in [0.2, 0.25) is 0 Å². The third-order valence-electron chi connectivity index (χ3n) is 3.33. The third kappa shape index (κ3) is 4.30. The molecule has 0 saturated heterocycles. The predicted molar refractivity (Wildman–Crippen MR) is 86.2 cm³/mol. The largest absolute Gasteiger partial charge is 0.465 e. The zero-order chi connectivity index (χ0) is 17.5. The molecule has 3 N–H and O–H groups in total. The number of urea groups is 1. The smallest absolute Gasteiger partial charge is 0.337 e. The molecule has 0 aliphatic rings. The predicted octanol–water partition coefficient (Wildman–Crippen LogP) is 2.47. The molecule has 0 aliphatic carbocycles. The summed E-state index contributed by atoms with van der Waals surface area (Å²) >= 11 is 0. The van der Waals surface area contributed by atoms with Gasteiger partial charge in [-0.05, 0) is 23.8 Å². The summed E-state index contributed by atoms with van der Waals surface area (Å²) in [5.41, 5.74) is 0.648. The van der Waals surface area contributed by atoms with Crippen molar-refractivity contribution in [3.05, 3.63) is 65.5 Å². The van der Waals surface area contributed by atoms with Crippen LogP contribution in [0.5, 0.6) is 0 Å². The lowest BCUT2D eigenvalue weighted by Crippen LogP contribution is -2.34. The highest BCUT2D eigenvalue weighted by Crippen LogP contribution is 2.18. The zero-order valence-corrected chi connectivity index (χ0v) is 13.0. The molecule has 1 atom stereocenters.